The van der Waals surface area contributed by atoms with Crippen molar-refractivity contribution in [1.29, 1.82) is 0 Å². The lowest BCUT2D eigenvalue weighted by atomic mass is 10.1. The molecule has 0 amide bonds. The minimum absolute atomic E-state index is 0.192. The smallest absolute Gasteiger partial charge is 0.340 e. The van der Waals surface area contributed by atoms with Crippen molar-refractivity contribution in [3.05, 3.63) is 29.2 Å². The number of allylic oxidation sites excluding steroid dienone is 1. The van der Waals surface area contributed by atoms with Crippen molar-refractivity contribution in [2.45, 2.75) is 56.2 Å². The normalized spacial score (nSPS) is 18.5. The number of hydrogen-bond donors (Lipinski definition) is 1. The largest absolute Gasteiger partial charge is 0.478 e. The SMILES string of the molecule is Cc1nc(C(C)C)nc(SC2C=CCCC2)c1C(=O)O. The molecule has 1 aromatic rings. The van der Waals surface area contributed by atoms with Gasteiger partial charge in [0.2, 0.25) is 0 Å². The summed E-state index contributed by atoms with van der Waals surface area (Å²) in [7, 11) is 0. The van der Waals surface area contributed by atoms with E-state index >= 15 is 0 Å². The van der Waals surface area contributed by atoms with E-state index in [1.165, 1.54) is 0 Å². The molecule has 0 aliphatic heterocycles. The summed E-state index contributed by atoms with van der Waals surface area (Å²) in [6.07, 6.45) is 7.66. The number of carboxylic acids is 1. The van der Waals surface area contributed by atoms with Gasteiger partial charge in [0.05, 0.1) is 5.69 Å². The van der Waals surface area contributed by atoms with Crippen molar-refractivity contribution in [3.63, 3.8) is 0 Å². The number of carbonyl (C=O) groups is 1. The van der Waals surface area contributed by atoms with E-state index in [4.69, 9.17) is 0 Å². The zero-order chi connectivity index (χ0) is 14.7. The number of aromatic carboxylic acids is 1. The van der Waals surface area contributed by atoms with E-state index in [0.717, 1.165) is 25.1 Å². The Kier molecular flexibility index (Phi) is 4.81. The first-order valence-electron chi connectivity index (χ1n) is 6.94. The second-order valence-electron chi connectivity index (χ2n) is 5.32. The Balaban J connectivity index is 2.39. The maximum atomic E-state index is 11.5. The van der Waals surface area contributed by atoms with Gasteiger partial charge in [0, 0.05) is 11.2 Å². The molecule has 1 atom stereocenters. The minimum atomic E-state index is -0.944. The summed E-state index contributed by atoms with van der Waals surface area (Å²) < 4.78 is 0. The van der Waals surface area contributed by atoms with Crippen LogP contribution in [0.5, 0.6) is 0 Å². The Morgan fingerprint density at radius 1 is 1.45 bits per heavy atom. The van der Waals surface area contributed by atoms with Crippen LogP contribution in [0.25, 0.3) is 0 Å². The van der Waals surface area contributed by atoms with Crippen molar-refractivity contribution in [1.82, 2.24) is 9.97 Å². The quantitative estimate of drug-likeness (QED) is 0.675. The summed E-state index contributed by atoms with van der Waals surface area (Å²) in [5, 5.41) is 10.3. The van der Waals surface area contributed by atoms with E-state index in [2.05, 4.69) is 22.1 Å². The molecular formula is C15H20N2O2S. The predicted molar refractivity (Wildman–Crippen MR) is 80.5 cm³/mol. The van der Waals surface area contributed by atoms with Crippen molar-refractivity contribution in [2.75, 3.05) is 0 Å². The van der Waals surface area contributed by atoms with Crippen LogP contribution in [0.15, 0.2) is 17.2 Å². The molecule has 0 saturated heterocycles. The highest BCUT2D eigenvalue weighted by Crippen LogP contribution is 2.32. The van der Waals surface area contributed by atoms with Crippen molar-refractivity contribution < 1.29 is 9.90 Å². The van der Waals surface area contributed by atoms with Gasteiger partial charge >= 0.3 is 5.97 Å². The van der Waals surface area contributed by atoms with Gasteiger partial charge in [-0.15, -0.1) is 0 Å². The zero-order valence-electron chi connectivity index (χ0n) is 12.1. The van der Waals surface area contributed by atoms with E-state index in [1.807, 2.05) is 13.8 Å². The molecule has 1 aliphatic carbocycles. The van der Waals surface area contributed by atoms with E-state index in [9.17, 15) is 9.90 Å². The first-order chi connectivity index (χ1) is 9.49. The van der Waals surface area contributed by atoms with Gasteiger partial charge in [0.1, 0.15) is 16.4 Å². The van der Waals surface area contributed by atoms with Crippen LogP contribution in [0.3, 0.4) is 0 Å². The third-order valence-corrected chi connectivity index (χ3v) is 4.49. The molecule has 5 heteroatoms. The molecule has 1 unspecified atom stereocenters. The fourth-order valence-electron chi connectivity index (χ4n) is 2.18. The summed E-state index contributed by atoms with van der Waals surface area (Å²) in [5.41, 5.74) is 0.803. The Morgan fingerprint density at radius 2 is 2.20 bits per heavy atom. The highest BCUT2D eigenvalue weighted by atomic mass is 32.2. The number of carboxylic acid groups (broad SMARTS) is 1. The molecule has 0 radical (unpaired) electrons. The second-order valence-corrected chi connectivity index (χ2v) is 6.55. The lowest BCUT2D eigenvalue weighted by molar-refractivity contribution is 0.0690. The van der Waals surface area contributed by atoms with Gasteiger partial charge < -0.3 is 5.11 Å². The fraction of sp³-hybridized carbons (Fsp3) is 0.533. The Morgan fingerprint density at radius 3 is 2.75 bits per heavy atom. The van der Waals surface area contributed by atoms with Crippen molar-refractivity contribution >= 4 is 17.7 Å². The molecule has 0 spiro atoms. The number of aryl methyl sites for hydroxylation is 1. The monoisotopic (exact) mass is 292 g/mol. The molecule has 0 aromatic carbocycles. The number of hydrogen-bond acceptors (Lipinski definition) is 4. The van der Waals surface area contributed by atoms with Crippen LogP contribution in [0, 0.1) is 6.92 Å². The van der Waals surface area contributed by atoms with Crippen LogP contribution in [0.2, 0.25) is 0 Å². The first-order valence-corrected chi connectivity index (χ1v) is 7.82. The second kappa shape index (κ2) is 6.39. The zero-order valence-corrected chi connectivity index (χ0v) is 12.9. The van der Waals surface area contributed by atoms with Gasteiger partial charge in [-0.1, -0.05) is 37.8 Å². The molecule has 0 bridgehead atoms. The third kappa shape index (κ3) is 3.39. The van der Waals surface area contributed by atoms with Gasteiger partial charge in [-0.2, -0.15) is 0 Å². The number of nitrogens with zero attached hydrogens (tertiary/aromatic N) is 2. The van der Waals surface area contributed by atoms with Crippen LogP contribution in [0.4, 0.5) is 0 Å². The molecule has 1 heterocycles. The van der Waals surface area contributed by atoms with Gasteiger partial charge in [-0.05, 0) is 26.2 Å². The van der Waals surface area contributed by atoms with Crippen molar-refractivity contribution in [3.8, 4) is 0 Å². The standard InChI is InChI=1S/C15H20N2O2S/c1-9(2)13-16-10(3)12(15(18)19)14(17-13)20-11-7-5-4-6-8-11/h5,7,9,11H,4,6,8H2,1-3H3,(H,18,19). The van der Waals surface area contributed by atoms with E-state index in [1.54, 1.807) is 18.7 Å². The van der Waals surface area contributed by atoms with Crippen LogP contribution in [-0.4, -0.2) is 26.3 Å². The number of thioether (sulfide) groups is 1. The van der Waals surface area contributed by atoms with Gasteiger partial charge in [-0.25, -0.2) is 14.8 Å². The average Bonchev–Trinajstić information content (AvgIpc) is 2.38. The van der Waals surface area contributed by atoms with E-state index in [-0.39, 0.29) is 11.5 Å². The van der Waals surface area contributed by atoms with Gasteiger partial charge in [-0.3, -0.25) is 0 Å². The molecule has 108 valence electrons. The maximum Gasteiger partial charge on any atom is 0.340 e. The average molecular weight is 292 g/mol. The molecule has 2 rings (SSSR count). The minimum Gasteiger partial charge on any atom is -0.478 e. The van der Waals surface area contributed by atoms with Crippen molar-refractivity contribution in [2.24, 2.45) is 0 Å². The van der Waals surface area contributed by atoms with E-state index in [0.29, 0.717) is 16.0 Å². The summed E-state index contributed by atoms with van der Waals surface area (Å²) in [5.74, 6) is -0.0346. The lowest BCUT2D eigenvalue weighted by Crippen LogP contribution is -2.12. The van der Waals surface area contributed by atoms with Crippen LogP contribution >= 0.6 is 11.8 Å². The predicted octanol–water partition coefficient (Wildman–Crippen LogP) is 3.81. The molecule has 1 N–H and O–H groups in total. The molecular weight excluding hydrogens is 272 g/mol. The number of aromatic nitrogens is 2. The molecule has 20 heavy (non-hydrogen) atoms. The third-order valence-electron chi connectivity index (χ3n) is 3.28. The van der Waals surface area contributed by atoms with Crippen LogP contribution in [0.1, 0.15) is 60.9 Å². The Hall–Kier alpha value is -1.36. The van der Waals surface area contributed by atoms with E-state index < -0.39 is 5.97 Å². The maximum absolute atomic E-state index is 11.5. The highest BCUT2D eigenvalue weighted by molar-refractivity contribution is 8.00. The lowest BCUT2D eigenvalue weighted by Gasteiger charge is -2.18. The molecule has 0 fully saturated rings. The highest BCUT2D eigenvalue weighted by Gasteiger charge is 2.22. The Bertz CT molecular complexity index is 541. The summed E-state index contributed by atoms with van der Waals surface area (Å²) in [4.78, 5) is 20.3. The molecule has 0 saturated carbocycles. The molecule has 1 aromatic heterocycles. The summed E-state index contributed by atoms with van der Waals surface area (Å²) >= 11 is 1.55. The molecule has 4 nitrogen and oxygen atoms in total. The van der Waals surface area contributed by atoms with Crippen LogP contribution in [-0.2, 0) is 0 Å². The first kappa shape index (κ1) is 15.0. The summed E-state index contributed by atoms with van der Waals surface area (Å²) in [6, 6.07) is 0. The molecule has 1 aliphatic rings. The van der Waals surface area contributed by atoms with Gasteiger partial charge in [0.15, 0.2) is 0 Å². The van der Waals surface area contributed by atoms with Gasteiger partial charge in [0.25, 0.3) is 0 Å². The topological polar surface area (TPSA) is 63.1 Å². The summed E-state index contributed by atoms with van der Waals surface area (Å²) in [6.45, 7) is 5.78. The Labute approximate surface area is 123 Å². The fourth-order valence-corrected chi connectivity index (χ4v) is 3.44. The number of rotatable bonds is 4. The van der Waals surface area contributed by atoms with Crippen LogP contribution < -0.4 is 0 Å².